The van der Waals surface area contributed by atoms with E-state index >= 15 is 0 Å². The molecule has 8 N–H and O–H groups in total. The Hall–Kier alpha value is -3.14. The maximum Gasteiger partial charge on any atom is 0.303 e. The van der Waals surface area contributed by atoms with Crippen LogP contribution < -0.4 is 16.4 Å². The van der Waals surface area contributed by atoms with Crippen LogP contribution in [0.5, 0.6) is 0 Å². The van der Waals surface area contributed by atoms with Crippen LogP contribution in [0.15, 0.2) is 0 Å². The fourth-order valence-corrected chi connectivity index (χ4v) is 3.18. The summed E-state index contributed by atoms with van der Waals surface area (Å²) in [5, 5.41) is 42.5. The van der Waals surface area contributed by atoms with Crippen LogP contribution in [0.2, 0.25) is 0 Å². The summed E-state index contributed by atoms with van der Waals surface area (Å²) < 4.78 is 5.35. The van der Waals surface area contributed by atoms with Crippen molar-refractivity contribution in [2.45, 2.75) is 76.5 Å². The molecule has 0 spiro atoms. The molecule has 0 aromatic carbocycles. The molecule has 0 aliphatic heterocycles. The fraction of sp³-hybridized carbons (Fsp3) is 0.714. The Morgan fingerprint density at radius 3 is 2.19 bits per heavy atom. The number of hydrogen-bond acceptors (Lipinski definition) is 10. The molecule has 0 aliphatic carbocycles. The van der Waals surface area contributed by atoms with Crippen LogP contribution in [0.1, 0.15) is 40.0 Å². The van der Waals surface area contributed by atoms with Gasteiger partial charge in [0.05, 0.1) is 6.61 Å². The van der Waals surface area contributed by atoms with Crippen molar-refractivity contribution in [1.29, 1.82) is 0 Å². The molecule has 206 valence electrons. The molecular formula is C21H36N4O11. The Labute approximate surface area is 207 Å². The Morgan fingerprint density at radius 2 is 1.75 bits per heavy atom. The van der Waals surface area contributed by atoms with E-state index in [9.17, 15) is 39.0 Å². The minimum absolute atomic E-state index is 0.0580. The van der Waals surface area contributed by atoms with Gasteiger partial charge in [-0.1, -0.05) is 6.92 Å². The van der Waals surface area contributed by atoms with Gasteiger partial charge in [-0.15, -0.1) is 0 Å². The lowest BCUT2D eigenvalue weighted by Crippen LogP contribution is -2.56. The van der Waals surface area contributed by atoms with Gasteiger partial charge >= 0.3 is 5.97 Å². The van der Waals surface area contributed by atoms with Crippen LogP contribution in [0.4, 0.5) is 0 Å². The molecule has 15 nitrogen and oxygen atoms in total. The maximum atomic E-state index is 12.9. The van der Waals surface area contributed by atoms with E-state index in [4.69, 9.17) is 20.7 Å². The highest BCUT2D eigenvalue weighted by atomic mass is 16.5. The number of carboxylic acids is 1. The fourth-order valence-electron chi connectivity index (χ4n) is 3.18. The number of rotatable bonds is 18. The molecule has 0 heterocycles. The topological polar surface area (TPSA) is 246 Å². The van der Waals surface area contributed by atoms with Gasteiger partial charge in [-0.3, -0.25) is 24.0 Å². The summed E-state index contributed by atoms with van der Waals surface area (Å²) in [7, 11) is 0. The van der Waals surface area contributed by atoms with Crippen molar-refractivity contribution in [3.05, 3.63) is 0 Å². The van der Waals surface area contributed by atoms with Crippen LogP contribution in [-0.2, 0) is 33.5 Å². The number of nitrogens with one attached hydrogen (secondary N) is 2. The van der Waals surface area contributed by atoms with E-state index in [1.165, 1.54) is 6.92 Å². The highest BCUT2D eigenvalue weighted by Gasteiger charge is 2.36. The second-order valence-electron chi connectivity index (χ2n) is 8.04. The van der Waals surface area contributed by atoms with Crippen molar-refractivity contribution < 1.29 is 53.9 Å². The number of carbonyl (C=O) groups excluding carboxylic acids is 5. The third-order valence-corrected chi connectivity index (χ3v) is 5.13. The summed E-state index contributed by atoms with van der Waals surface area (Å²) in [5.74, 6) is -4.38. The van der Waals surface area contributed by atoms with Gasteiger partial charge in [-0.2, -0.15) is 0 Å². The number of nitrogens with two attached hydrogens (primary N) is 1. The third kappa shape index (κ3) is 11.1. The van der Waals surface area contributed by atoms with Crippen molar-refractivity contribution in [2.75, 3.05) is 19.8 Å². The molecular weight excluding hydrogens is 484 g/mol. The molecule has 0 aliphatic rings. The molecule has 6 atom stereocenters. The van der Waals surface area contributed by atoms with Gasteiger partial charge in [0.1, 0.15) is 49.3 Å². The summed E-state index contributed by atoms with van der Waals surface area (Å²) in [6, 6.07) is -3.91. The first-order valence-electron chi connectivity index (χ1n) is 11.2. The van der Waals surface area contributed by atoms with Crippen molar-refractivity contribution in [3.63, 3.8) is 0 Å². The summed E-state index contributed by atoms with van der Waals surface area (Å²) in [4.78, 5) is 71.9. The number of nitrogens with zero attached hydrogens (tertiary/aromatic N) is 1. The van der Waals surface area contributed by atoms with Crippen molar-refractivity contribution >= 4 is 35.9 Å². The van der Waals surface area contributed by atoms with Crippen LogP contribution in [0, 0.1) is 0 Å². The Balaban J connectivity index is 5.58. The van der Waals surface area contributed by atoms with E-state index in [0.717, 1.165) is 11.8 Å². The molecule has 15 heteroatoms. The molecule has 2 unspecified atom stereocenters. The molecule has 0 aromatic rings. The van der Waals surface area contributed by atoms with Gasteiger partial charge in [0, 0.05) is 19.9 Å². The first-order chi connectivity index (χ1) is 16.8. The second kappa shape index (κ2) is 16.5. The van der Waals surface area contributed by atoms with Gasteiger partial charge in [-0.25, -0.2) is 0 Å². The van der Waals surface area contributed by atoms with E-state index < -0.39 is 85.7 Å². The van der Waals surface area contributed by atoms with Crippen LogP contribution in [0.25, 0.3) is 0 Å². The van der Waals surface area contributed by atoms with Crippen molar-refractivity contribution in [3.8, 4) is 0 Å². The van der Waals surface area contributed by atoms with E-state index in [1.54, 1.807) is 6.92 Å². The molecule has 4 amide bonds. The number of ether oxygens (including phenoxy) is 1. The Morgan fingerprint density at radius 1 is 1.14 bits per heavy atom. The van der Waals surface area contributed by atoms with Gasteiger partial charge in [-0.05, 0) is 19.8 Å². The Bertz CT molecular complexity index is 779. The zero-order valence-corrected chi connectivity index (χ0v) is 20.5. The zero-order chi connectivity index (χ0) is 28.0. The first kappa shape index (κ1) is 32.9. The largest absolute Gasteiger partial charge is 0.481 e. The molecule has 0 saturated heterocycles. The van der Waals surface area contributed by atoms with Crippen LogP contribution in [-0.4, -0.2) is 117 Å². The average Bonchev–Trinajstić information content (AvgIpc) is 2.82. The summed E-state index contributed by atoms with van der Waals surface area (Å²) in [6.07, 6.45) is -5.30. The molecule has 0 fully saturated rings. The number of carbonyl (C=O) groups is 6. The maximum absolute atomic E-state index is 12.9. The average molecular weight is 521 g/mol. The monoisotopic (exact) mass is 520 g/mol. The normalized spacial score (nSPS) is 15.9. The predicted octanol–water partition coefficient (Wildman–Crippen LogP) is -3.75. The van der Waals surface area contributed by atoms with E-state index in [1.807, 2.05) is 0 Å². The lowest BCUT2D eigenvalue weighted by molar-refractivity contribution is -0.155. The molecule has 0 bridgehead atoms. The zero-order valence-electron chi connectivity index (χ0n) is 20.5. The number of amides is 4. The third-order valence-electron chi connectivity index (χ3n) is 5.13. The van der Waals surface area contributed by atoms with Gasteiger partial charge in [0.15, 0.2) is 0 Å². The number of aldehydes is 1. The number of aliphatic hydroxyl groups is 3. The summed E-state index contributed by atoms with van der Waals surface area (Å²) in [6.45, 7) is 2.52. The molecule has 0 radical (unpaired) electrons. The summed E-state index contributed by atoms with van der Waals surface area (Å²) in [5.41, 5.74) is 5.22. The molecule has 0 saturated carbocycles. The number of hydrogen-bond donors (Lipinski definition) is 7. The van der Waals surface area contributed by atoms with E-state index in [2.05, 4.69) is 10.6 Å². The lowest BCUT2D eigenvalue weighted by Gasteiger charge is -2.32. The minimum atomic E-state index is -1.87. The number of aliphatic hydroxyl groups excluding tert-OH is 3. The number of primary amides is 1. The Kier molecular flexibility index (Phi) is 15.1. The van der Waals surface area contributed by atoms with Crippen molar-refractivity contribution in [1.82, 2.24) is 15.5 Å². The van der Waals surface area contributed by atoms with Crippen LogP contribution >= 0.6 is 0 Å². The van der Waals surface area contributed by atoms with Crippen molar-refractivity contribution in [2.24, 2.45) is 5.73 Å². The number of aliphatic carboxylic acids is 1. The van der Waals surface area contributed by atoms with Gasteiger partial charge in [0.2, 0.25) is 23.6 Å². The van der Waals surface area contributed by atoms with Crippen LogP contribution in [0.3, 0.4) is 0 Å². The second-order valence-corrected chi connectivity index (χ2v) is 8.04. The van der Waals surface area contributed by atoms with Gasteiger partial charge in [0.25, 0.3) is 0 Å². The minimum Gasteiger partial charge on any atom is -0.481 e. The number of carboxylic acid groups (broad SMARTS) is 1. The standard InChI is InChI=1S/C21H36N4O11/c1-4-7-25(11(2)21(35)24-13(20(22)34)5-6-17(31)32)16(30)10-36-19(18(33)15(29)9-27)14(8-26)23-12(3)28/h8,11,13-15,18-19,27,29,33H,4-7,9-10H2,1-3H3,(H2,22,34)(H,23,28)(H,24,35)(H,31,32)/t11?,13?,14-,15+,18+,19+/m0/s1. The lowest BCUT2D eigenvalue weighted by atomic mass is 10.0. The molecule has 0 aromatic heterocycles. The molecule has 0 rings (SSSR count). The molecule has 36 heavy (non-hydrogen) atoms. The van der Waals surface area contributed by atoms with E-state index in [-0.39, 0.29) is 19.3 Å². The first-order valence-corrected chi connectivity index (χ1v) is 11.2. The predicted molar refractivity (Wildman–Crippen MR) is 122 cm³/mol. The quantitative estimate of drug-likeness (QED) is 0.0865. The highest BCUT2D eigenvalue weighted by molar-refractivity contribution is 5.91. The van der Waals surface area contributed by atoms with E-state index in [0.29, 0.717) is 6.42 Å². The van der Waals surface area contributed by atoms with Gasteiger partial charge < -0.3 is 51.2 Å². The highest BCUT2D eigenvalue weighted by Crippen LogP contribution is 2.11. The summed E-state index contributed by atoms with van der Waals surface area (Å²) >= 11 is 0. The smallest absolute Gasteiger partial charge is 0.303 e. The SMILES string of the molecule is CCCN(C(=O)CO[C@@H]([C@H](O)[C@H](O)CO)[C@H](C=O)NC(C)=O)C(C)C(=O)NC(CCC(=O)O)C(N)=O.